The smallest absolute Gasteiger partial charge is 0.325 e. The maximum atomic E-state index is 12.2. The Morgan fingerprint density at radius 2 is 2.14 bits per heavy atom. The summed E-state index contributed by atoms with van der Waals surface area (Å²) in [5, 5.41) is 3.38. The number of carbonyl (C=O) groups excluding carboxylic acids is 1. The number of hydrogen-bond acceptors (Lipinski definition) is 5. The topological polar surface area (TPSA) is 50.8 Å². The summed E-state index contributed by atoms with van der Waals surface area (Å²) in [6, 6.07) is 0.969. The fourth-order valence-corrected chi connectivity index (χ4v) is 3.37. The number of ether oxygens (including phenoxy) is 2. The number of methoxy groups -OCH3 is 1. The predicted octanol–water partition coefficient (Wildman–Crippen LogP) is 1.81. The van der Waals surface area contributed by atoms with Gasteiger partial charge in [-0.1, -0.05) is 6.92 Å². The summed E-state index contributed by atoms with van der Waals surface area (Å²) < 4.78 is 10.6. The molecule has 0 aromatic heterocycles. The third-order valence-corrected chi connectivity index (χ3v) is 4.26. The van der Waals surface area contributed by atoms with E-state index in [1.165, 1.54) is 7.11 Å². The molecule has 3 unspecified atom stereocenters. The van der Waals surface area contributed by atoms with Gasteiger partial charge in [-0.25, -0.2) is 0 Å². The Bertz CT molecular complexity index is 335. The van der Waals surface area contributed by atoms with Gasteiger partial charge in [0, 0.05) is 24.7 Å². The maximum Gasteiger partial charge on any atom is 0.325 e. The van der Waals surface area contributed by atoms with Crippen LogP contribution in [0.3, 0.4) is 0 Å². The van der Waals surface area contributed by atoms with Crippen LogP contribution in [0.1, 0.15) is 47.5 Å². The van der Waals surface area contributed by atoms with Crippen LogP contribution < -0.4 is 5.32 Å². The monoisotopic (exact) mass is 300 g/mol. The van der Waals surface area contributed by atoms with Crippen molar-refractivity contribution in [2.24, 2.45) is 0 Å². The Hall–Kier alpha value is -0.650. The first-order valence-corrected chi connectivity index (χ1v) is 8.03. The molecule has 5 heteroatoms. The maximum absolute atomic E-state index is 12.2. The van der Waals surface area contributed by atoms with Crippen LogP contribution in [0.2, 0.25) is 0 Å². The van der Waals surface area contributed by atoms with E-state index in [4.69, 9.17) is 9.47 Å². The van der Waals surface area contributed by atoms with Gasteiger partial charge in [0.1, 0.15) is 5.54 Å². The third kappa shape index (κ3) is 4.94. The molecule has 3 atom stereocenters. The Balaban J connectivity index is 2.79. The lowest BCUT2D eigenvalue weighted by molar-refractivity contribution is -0.149. The van der Waals surface area contributed by atoms with Crippen LogP contribution in [0.4, 0.5) is 0 Å². The first-order chi connectivity index (χ1) is 9.84. The zero-order valence-electron chi connectivity index (χ0n) is 14.4. The van der Waals surface area contributed by atoms with E-state index in [1.807, 2.05) is 6.92 Å². The molecule has 0 amide bonds. The first-order valence-electron chi connectivity index (χ1n) is 8.03. The first kappa shape index (κ1) is 18.4. The lowest BCUT2D eigenvalue weighted by Crippen LogP contribution is -2.58. The van der Waals surface area contributed by atoms with Gasteiger partial charge in [-0.05, 0) is 40.5 Å². The summed E-state index contributed by atoms with van der Waals surface area (Å²) in [6.07, 6.45) is 1.80. The molecule has 1 aliphatic rings. The highest BCUT2D eigenvalue weighted by Crippen LogP contribution is 2.23. The van der Waals surface area contributed by atoms with Crippen molar-refractivity contribution in [3.05, 3.63) is 0 Å². The van der Waals surface area contributed by atoms with Crippen molar-refractivity contribution in [1.29, 1.82) is 0 Å². The van der Waals surface area contributed by atoms with Crippen LogP contribution in [0.5, 0.6) is 0 Å². The summed E-state index contributed by atoms with van der Waals surface area (Å²) in [5.74, 6) is -0.190. The van der Waals surface area contributed by atoms with Crippen molar-refractivity contribution < 1.29 is 14.3 Å². The molecule has 0 aromatic rings. The molecule has 0 spiro atoms. The van der Waals surface area contributed by atoms with Gasteiger partial charge in [0.25, 0.3) is 0 Å². The summed E-state index contributed by atoms with van der Waals surface area (Å²) in [5.41, 5.74) is -0.654. The fraction of sp³-hybridized carbons (Fsp3) is 0.938. The summed E-state index contributed by atoms with van der Waals surface area (Å²) >= 11 is 0. The third-order valence-electron chi connectivity index (χ3n) is 4.26. The second-order valence-corrected chi connectivity index (χ2v) is 6.55. The largest absolute Gasteiger partial charge is 0.468 e. The van der Waals surface area contributed by atoms with Crippen LogP contribution in [-0.4, -0.2) is 61.4 Å². The van der Waals surface area contributed by atoms with Crippen LogP contribution in [-0.2, 0) is 14.3 Å². The van der Waals surface area contributed by atoms with E-state index in [-0.39, 0.29) is 12.0 Å². The highest BCUT2D eigenvalue weighted by atomic mass is 16.5. The SMILES string of the molecule is CCC1COCCN1C(C)CC(C)(NC(C)C)C(=O)OC. The molecule has 21 heavy (non-hydrogen) atoms. The second kappa shape index (κ2) is 8.11. The van der Waals surface area contributed by atoms with E-state index in [2.05, 4.69) is 37.9 Å². The predicted molar refractivity (Wildman–Crippen MR) is 84.4 cm³/mol. The lowest BCUT2D eigenvalue weighted by atomic mass is 9.91. The summed E-state index contributed by atoms with van der Waals surface area (Å²) in [6.45, 7) is 12.9. The van der Waals surface area contributed by atoms with E-state index < -0.39 is 5.54 Å². The van der Waals surface area contributed by atoms with Gasteiger partial charge in [-0.15, -0.1) is 0 Å². The molecule has 1 saturated heterocycles. The number of esters is 1. The van der Waals surface area contributed by atoms with Crippen LogP contribution >= 0.6 is 0 Å². The second-order valence-electron chi connectivity index (χ2n) is 6.55. The van der Waals surface area contributed by atoms with Crippen molar-refractivity contribution in [1.82, 2.24) is 10.2 Å². The van der Waals surface area contributed by atoms with E-state index in [0.29, 0.717) is 12.1 Å². The standard InChI is InChI=1S/C16H32N2O3/c1-7-14-11-21-9-8-18(14)13(4)10-16(5,15(19)20-6)17-12(2)3/h12-14,17H,7-11H2,1-6H3. The van der Waals surface area contributed by atoms with E-state index >= 15 is 0 Å². The van der Waals surface area contributed by atoms with E-state index in [9.17, 15) is 4.79 Å². The van der Waals surface area contributed by atoms with Crippen LogP contribution in [0.25, 0.3) is 0 Å². The Kier molecular flexibility index (Phi) is 7.10. The molecule has 0 bridgehead atoms. The van der Waals surface area contributed by atoms with Gasteiger partial charge < -0.3 is 9.47 Å². The Labute approximate surface area is 129 Å². The van der Waals surface area contributed by atoms with Crippen LogP contribution in [0, 0.1) is 0 Å². The van der Waals surface area contributed by atoms with Crippen molar-refractivity contribution in [3.63, 3.8) is 0 Å². The number of hydrogen-bond donors (Lipinski definition) is 1. The van der Waals surface area contributed by atoms with Crippen molar-refractivity contribution in [2.45, 2.75) is 71.1 Å². The highest BCUT2D eigenvalue weighted by Gasteiger charge is 2.39. The van der Waals surface area contributed by atoms with Crippen molar-refractivity contribution >= 4 is 5.97 Å². The molecule has 0 aromatic carbocycles. The molecule has 1 aliphatic heterocycles. The molecular weight excluding hydrogens is 268 g/mol. The van der Waals surface area contributed by atoms with Crippen LogP contribution in [0.15, 0.2) is 0 Å². The summed E-state index contributed by atoms with van der Waals surface area (Å²) in [4.78, 5) is 14.7. The highest BCUT2D eigenvalue weighted by molar-refractivity contribution is 5.80. The zero-order chi connectivity index (χ0) is 16.0. The van der Waals surface area contributed by atoms with Crippen molar-refractivity contribution in [2.75, 3.05) is 26.9 Å². The normalized spacial score (nSPS) is 24.6. The average Bonchev–Trinajstić information content (AvgIpc) is 2.45. The number of nitrogens with zero attached hydrogens (tertiary/aromatic N) is 1. The van der Waals surface area contributed by atoms with Gasteiger partial charge in [0.05, 0.1) is 20.3 Å². The fourth-order valence-electron chi connectivity index (χ4n) is 3.37. The van der Waals surface area contributed by atoms with Crippen molar-refractivity contribution in [3.8, 4) is 0 Å². The number of nitrogens with one attached hydrogen (secondary N) is 1. The van der Waals surface area contributed by atoms with Gasteiger partial charge in [0.2, 0.25) is 0 Å². The molecule has 0 radical (unpaired) electrons. The van der Waals surface area contributed by atoms with Gasteiger partial charge in [-0.3, -0.25) is 15.0 Å². The number of carbonyl (C=O) groups is 1. The molecule has 124 valence electrons. The van der Waals surface area contributed by atoms with E-state index in [0.717, 1.165) is 32.6 Å². The minimum Gasteiger partial charge on any atom is -0.468 e. The molecule has 1 heterocycles. The number of rotatable bonds is 7. The average molecular weight is 300 g/mol. The molecule has 1 N–H and O–H groups in total. The van der Waals surface area contributed by atoms with Gasteiger partial charge >= 0.3 is 5.97 Å². The van der Waals surface area contributed by atoms with E-state index in [1.54, 1.807) is 0 Å². The van der Waals surface area contributed by atoms with Gasteiger partial charge in [-0.2, -0.15) is 0 Å². The molecule has 5 nitrogen and oxygen atoms in total. The minimum atomic E-state index is -0.654. The molecule has 0 aliphatic carbocycles. The summed E-state index contributed by atoms with van der Waals surface area (Å²) in [7, 11) is 1.46. The zero-order valence-corrected chi connectivity index (χ0v) is 14.4. The minimum absolute atomic E-state index is 0.190. The molecule has 1 rings (SSSR count). The molecule has 0 saturated carbocycles. The molecule has 1 fully saturated rings. The Morgan fingerprint density at radius 1 is 1.48 bits per heavy atom. The van der Waals surface area contributed by atoms with Gasteiger partial charge in [0.15, 0.2) is 0 Å². The number of morpholine rings is 1. The quantitative estimate of drug-likeness (QED) is 0.727. The Morgan fingerprint density at radius 3 is 2.67 bits per heavy atom. The lowest BCUT2D eigenvalue weighted by Gasteiger charge is -2.42. The molecular formula is C16H32N2O3.